The first-order valence-electron chi connectivity index (χ1n) is 9.67. The molecule has 2 aliphatic rings. The summed E-state index contributed by atoms with van der Waals surface area (Å²) < 4.78 is 0. The summed E-state index contributed by atoms with van der Waals surface area (Å²) in [6.45, 7) is 8.43. The zero-order valence-electron chi connectivity index (χ0n) is 16.0. The Morgan fingerprint density at radius 2 is 1.78 bits per heavy atom. The van der Waals surface area contributed by atoms with Gasteiger partial charge in [-0.15, -0.1) is 0 Å². The maximum absolute atomic E-state index is 12.6. The van der Waals surface area contributed by atoms with Gasteiger partial charge in [0.05, 0.1) is 17.4 Å². The fourth-order valence-electron chi connectivity index (χ4n) is 3.93. The summed E-state index contributed by atoms with van der Waals surface area (Å²) in [5, 5.41) is 0. The van der Waals surface area contributed by atoms with Crippen LogP contribution in [0.4, 0.5) is 5.95 Å². The molecule has 0 aromatic carbocycles. The van der Waals surface area contributed by atoms with E-state index < -0.39 is 0 Å². The van der Waals surface area contributed by atoms with Crippen molar-refractivity contribution in [2.45, 2.75) is 32.4 Å². The minimum Gasteiger partial charge on any atom is -0.339 e. The van der Waals surface area contributed by atoms with Gasteiger partial charge in [0.2, 0.25) is 11.9 Å². The molecule has 0 spiro atoms. The number of carbonyl (C=O) groups excluding carboxylic acids is 1. The molecular formula is C20H26N6O. The van der Waals surface area contributed by atoms with Crippen LogP contribution in [0.5, 0.6) is 0 Å². The number of hydrogen-bond donors (Lipinski definition) is 0. The van der Waals surface area contributed by atoms with Gasteiger partial charge in [0, 0.05) is 51.2 Å². The zero-order chi connectivity index (χ0) is 18.8. The molecule has 1 atom stereocenters. The minimum atomic E-state index is 0.0373. The summed E-state index contributed by atoms with van der Waals surface area (Å²) in [6.07, 6.45) is 4.50. The number of hydrogen-bond acceptors (Lipinski definition) is 6. The molecule has 0 N–H and O–H groups in total. The van der Waals surface area contributed by atoms with Crippen LogP contribution in [-0.4, -0.2) is 75.5 Å². The van der Waals surface area contributed by atoms with Crippen molar-refractivity contribution in [1.29, 1.82) is 0 Å². The van der Waals surface area contributed by atoms with E-state index in [1.807, 2.05) is 29.2 Å². The van der Waals surface area contributed by atoms with Crippen molar-refractivity contribution in [1.82, 2.24) is 24.8 Å². The van der Waals surface area contributed by atoms with Gasteiger partial charge in [0.15, 0.2) is 0 Å². The highest BCUT2D eigenvalue weighted by atomic mass is 16.2. The van der Waals surface area contributed by atoms with Gasteiger partial charge in [-0.2, -0.15) is 0 Å². The molecule has 4 heterocycles. The normalized spacial score (nSPS) is 21.3. The van der Waals surface area contributed by atoms with Crippen molar-refractivity contribution < 1.29 is 4.79 Å². The van der Waals surface area contributed by atoms with Crippen molar-refractivity contribution in [3.05, 3.63) is 36.7 Å². The Morgan fingerprint density at radius 1 is 0.963 bits per heavy atom. The highest BCUT2D eigenvalue weighted by molar-refractivity contribution is 5.84. The lowest BCUT2D eigenvalue weighted by Gasteiger charge is -2.37. The molecule has 7 nitrogen and oxygen atoms in total. The molecule has 2 aliphatic heterocycles. The van der Waals surface area contributed by atoms with Gasteiger partial charge in [-0.3, -0.25) is 14.7 Å². The second-order valence-electron chi connectivity index (χ2n) is 7.41. The maximum Gasteiger partial charge on any atom is 0.240 e. The second-order valence-corrected chi connectivity index (χ2v) is 7.41. The van der Waals surface area contributed by atoms with E-state index in [9.17, 15) is 4.79 Å². The third kappa shape index (κ3) is 3.64. The molecule has 2 saturated heterocycles. The molecule has 1 amide bonds. The Labute approximate surface area is 160 Å². The summed E-state index contributed by atoms with van der Waals surface area (Å²) in [6, 6.07) is 8.02. The molecule has 0 bridgehead atoms. The van der Waals surface area contributed by atoms with E-state index in [-0.39, 0.29) is 18.0 Å². The first kappa shape index (κ1) is 17.9. The quantitative estimate of drug-likeness (QED) is 0.820. The summed E-state index contributed by atoms with van der Waals surface area (Å²) in [7, 11) is 0. The lowest BCUT2D eigenvalue weighted by atomic mass is 10.2. The van der Waals surface area contributed by atoms with Crippen molar-refractivity contribution in [2.24, 2.45) is 0 Å². The average molecular weight is 366 g/mol. The first-order chi connectivity index (χ1) is 13.1. The molecule has 1 unspecified atom stereocenters. The van der Waals surface area contributed by atoms with Crippen LogP contribution in [0.2, 0.25) is 0 Å². The number of pyridine rings is 1. The van der Waals surface area contributed by atoms with Crippen molar-refractivity contribution in [2.75, 3.05) is 37.6 Å². The summed E-state index contributed by atoms with van der Waals surface area (Å²) in [5.74, 6) is 1.02. The van der Waals surface area contributed by atoms with E-state index >= 15 is 0 Å². The Morgan fingerprint density at radius 3 is 2.44 bits per heavy atom. The highest BCUT2D eigenvalue weighted by Crippen LogP contribution is 2.22. The molecule has 0 saturated carbocycles. The predicted molar refractivity (Wildman–Crippen MR) is 104 cm³/mol. The number of nitrogens with zero attached hydrogens (tertiary/aromatic N) is 6. The number of anilines is 1. The Bertz CT molecular complexity index is 788. The van der Waals surface area contributed by atoms with E-state index in [1.54, 1.807) is 12.4 Å². The second kappa shape index (κ2) is 7.60. The van der Waals surface area contributed by atoms with Crippen molar-refractivity contribution >= 4 is 11.9 Å². The Balaban J connectivity index is 1.41. The third-order valence-corrected chi connectivity index (χ3v) is 5.44. The van der Waals surface area contributed by atoms with Crippen molar-refractivity contribution in [3.63, 3.8) is 0 Å². The number of carbonyl (C=O) groups is 1. The fraction of sp³-hybridized carbons (Fsp3) is 0.500. The molecule has 2 fully saturated rings. The molecule has 0 radical (unpaired) electrons. The van der Waals surface area contributed by atoms with Gasteiger partial charge in [0.1, 0.15) is 0 Å². The SMILES string of the molecule is CC(C)N1CCC(N2CCN(c3nccc(-c4ccccn4)n3)CC2)C1=O. The van der Waals surface area contributed by atoms with Gasteiger partial charge in [-0.25, -0.2) is 9.97 Å². The van der Waals surface area contributed by atoms with Crippen LogP contribution in [0.15, 0.2) is 36.7 Å². The summed E-state index contributed by atoms with van der Waals surface area (Å²) in [5.41, 5.74) is 1.69. The number of likely N-dealkylation sites (tertiary alicyclic amines) is 1. The molecular weight excluding hydrogens is 340 g/mol. The van der Waals surface area contributed by atoms with E-state index in [0.717, 1.165) is 56.5 Å². The van der Waals surface area contributed by atoms with E-state index in [4.69, 9.17) is 4.98 Å². The van der Waals surface area contributed by atoms with Crippen LogP contribution in [0, 0.1) is 0 Å². The Kier molecular flexibility index (Phi) is 5.03. The number of amides is 1. The van der Waals surface area contributed by atoms with Gasteiger partial charge < -0.3 is 9.80 Å². The lowest BCUT2D eigenvalue weighted by Crippen LogP contribution is -2.53. The predicted octanol–water partition coefficient (Wildman–Crippen LogP) is 1.67. The van der Waals surface area contributed by atoms with Gasteiger partial charge in [-0.05, 0) is 38.5 Å². The molecule has 27 heavy (non-hydrogen) atoms. The monoisotopic (exact) mass is 366 g/mol. The lowest BCUT2D eigenvalue weighted by molar-refractivity contribution is -0.133. The maximum atomic E-state index is 12.6. The number of piperazine rings is 1. The molecule has 2 aromatic heterocycles. The number of aromatic nitrogens is 3. The third-order valence-electron chi connectivity index (χ3n) is 5.44. The van der Waals surface area contributed by atoms with Gasteiger partial charge in [0.25, 0.3) is 0 Å². The molecule has 2 aromatic rings. The van der Waals surface area contributed by atoms with Crippen LogP contribution in [0.3, 0.4) is 0 Å². The van der Waals surface area contributed by atoms with Crippen molar-refractivity contribution in [3.8, 4) is 11.4 Å². The fourth-order valence-corrected chi connectivity index (χ4v) is 3.93. The molecule has 4 rings (SSSR count). The topological polar surface area (TPSA) is 65.5 Å². The summed E-state index contributed by atoms with van der Waals surface area (Å²) in [4.78, 5) is 32.7. The smallest absolute Gasteiger partial charge is 0.240 e. The molecule has 7 heteroatoms. The van der Waals surface area contributed by atoms with E-state index in [2.05, 4.69) is 33.6 Å². The molecule has 0 aliphatic carbocycles. The van der Waals surface area contributed by atoms with Crippen LogP contribution in [0.25, 0.3) is 11.4 Å². The Hall–Kier alpha value is -2.54. The van der Waals surface area contributed by atoms with E-state index in [1.165, 1.54) is 0 Å². The molecule has 142 valence electrons. The van der Waals surface area contributed by atoms with E-state index in [0.29, 0.717) is 0 Å². The largest absolute Gasteiger partial charge is 0.339 e. The van der Waals surface area contributed by atoms with Gasteiger partial charge >= 0.3 is 0 Å². The van der Waals surface area contributed by atoms with Crippen LogP contribution < -0.4 is 4.90 Å². The summed E-state index contributed by atoms with van der Waals surface area (Å²) >= 11 is 0. The average Bonchev–Trinajstić information content (AvgIpc) is 3.10. The van der Waals surface area contributed by atoms with Crippen LogP contribution in [-0.2, 0) is 4.79 Å². The zero-order valence-corrected chi connectivity index (χ0v) is 16.0. The first-order valence-corrected chi connectivity index (χ1v) is 9.67. The highest BCUT2D eigenvalue weighted by Gasteiger charge is 2.38. The van der Waals surface area contributed by atoms with Crippen LogP contribution in [0.1, 0.15) is 20.3 Å². The van der Waals surface area contributed by atoms with Gasteiger partial charge in [-0.1, -0.05) is 6.07 Å². The van der Waals surface area contributed by atoms with Crippen LogP contribution >= 0.6 is 0 Å². The number of rotatable bonds is 4. The standard InChI is InChI=1S/C20H26N6O/c1-15(2)26-10-7-18(19(26)27)24-11-13-25(14-12-24)20-22-9-6-17(23-20)16-5-3-4-8-21-16/h3-6,8-9,15,18H,7,10-14H2,1-2H3. The minimum absolute atomic E-state index is 0.0373.